The molecule has 0 aliphatic heterocycles. The Balaban J connectivity index is 2.06. The number of nitrogens with one attached hydrogen (secondary N) is 1. The number of nitrogens with zero attached hydrogens (tertiary/aromatic N) is 1. The van der Waals surface area contributed by atoms with Gasteiger partial charge in [-0.25, -0.2) is 4.39 Å². The fourth-order valence-electron chi connectivity index (χ4n) is 3.13. The van der Waals surface area contributed by atoms with Gasteiger partial charge in [-0.15, -0.1) is 0 Å². The van der Waals surface area contributed by atoms with Gasteiger partial charge in [-0.1, -0.05) is 25.4 Å². The number of aromatic nitrogens is 2. The fraction of sp³-hybridized carbons (Fsp3) is 0.533. The summed E-state index contributed by atoms with van der Waals surface area (Å²) in [6.07, 6.45) is 4.50. The van der Waals surface area contributed by atoms with Crippen molar-refractivity contribution in [3.05, 3.63) is 27.7 Å². The molecule has 1 aliphatic carbocycles. The average molecular weight is 313 g/mol. The number of hydrogen-bond acceptors (Lipinski definition) is 1. The van der Waals surface area contributed by atoms with Gasteiger partial charge in [0.1, 0.15) is 5.82 Å². The van der Waals surface area contributed by atoms with Crippen molar-refractivity contribution in [1.29, 1.82) is 0 Å². The molecule has 108 valence electrons. The van der Waals surface area contributed by atoms with E-state index >= 15 is 0 Å². The van der Waals surface area contributed by atoms with Crippen LogP contribution < -0.4 is 0 Å². The highest BCUT2D eigenvalue weighted by Gasteiger charge is 2.28. The van der Waals surface area contributed by atoms with Gasteiger partial charge in [-0.3, -0.25) is 0 Å². The molecule has 5 heteroatoms. The van der Waals surface area contributed by atoms with E-state index in [0.717, 1.165) is 23.9 Å². The van der Waals surface area contributed by atoms with Crippen LogP contribution in [-0.4, -0.2) is 9.55 Å². The van der Waals surface area contributed by atoms with Crippen molar-refractivity contribution in [2.24, 2.45) is 5.41 Å². The first-order chi connectivity index (χ1) is 9.37. The summed E-state index contributed by atoms with van der Waals surface area (Å²) in [4.78, 5) is 3.14. The van der Waals surface area contributed by atoms with E-state index in [1.54, 1.807) is 6.07 Å². The van der Waals surface area contributed by atoms with Crippen LogP contribution in [0.4, 0.5) is 4.39 Å². The van der Waals surface area contributed by atoms with Gasteiger partial charge in [0.05, 0.1) is 16.1 Å². The van der Waals surface area contributed by atoms with E-state index in [9.17, 15) is 4.39 Å². The Morgan fingerprint density at radius 3 is 2.65 bits per heavy atom. The molecular formula is C15H18ClFN2S. The zero-order valence-corrected chi connectivity index (χ0v) is 13.2. The van der Waals surface area contributed by atoms with Gasteiger partial charge in [0.2, 0.25) is 0 Å². The van der Waals surface area contributed by atoms with Crippen LogP contribution >= 0.6 is 23.8 Å². The smallest absolute Gasteiger partial charge is 0.178 e. The van der Waals surface area contributed by atoms with Crippen LogP contribution in [0.5, 0.6) is 0 Å². The Morgan fingerprint density at radius 2 is 2.00 bits per heavy atom. The summed E-state index contributed by atoms with van der Waals surface area (Å²) >= 11 is 11.3. The van der Waals surface area contributed by atoms with E-state index in [-0.39, 0.29) is 5.02 Å². The first-order valence-electron chi connectivity index (χ1n) is 6.97. The van der Waals surface area contributed by atoms with Gasteiger partial charge in [-0.05, 0) is 49.4 Å². The van der Waals surface area contributed by atoms with Crippen LogP contribution in [0.3, 0.4) is 0 Å². The van der Waals surface area contributed by atoms with Gasteiger partial charge in [-0.2, -0.15) is 0 Å². The lowest BCUT2D eigenvalue weighted by Gasteiger charge is -2.35. The zero-order chi connectivity index (χ0) is 14.5. The standard InChI is InChI=1S/C15H18ClFN2S/c1-15(2)5-3-9(4-6-15)19-13-8-11(17)10(16)7-12(13)18-14(19)20/h7-9H,3-6H2,1-2H3,(H,18,20). The lowest BCUT2D eigenvalue weighted by Crippen LogP contribution is -2.23. The number of benzene rings is 1. The Morgan fingerprint density at radius 1 is 1.35 bits per heavy atom. The highest BCUT2D eigenvalue weighted by molar-refractivity contribution is 7.71. The lowest BCUT2D eigenvalue weighted by atomic mass is 9.75. The zero-order valence-electron chi connectivity index (χ0n) is 11.7. The third-order valence-electron chi connectivity index (χ3n) is 4.43. The predicted molar refractivity (Wildman–Crippen MR) is 83.4 cm³/mol. The molecule has 20 heavy (non-hydrogen) atoms. The van der Waals surface area contributed by atoms with Crippen molar-refractivity contribution in [2.45, 2.75) is 45.6 Å². The molecule has 0 bridgehead atoms. The summed E-state index contributed by atoms with van der Waals surface area (Å²) in [6, 6.07) is 3.46. The second kappa shape index (κ2) is 4.85. The van der Waals surface area contributed by atoms with Crippen molar-refractivity contribution in [2.75, 3.05) is 0 Å². The van der Waals surface area contributed by atoms with Gasteiger partial charge in [0.25, 0.3) is 0 Å². The monoisotopic (exact) mass is 312 g/mol. The Hall–Kier alpha value is -0.870. The van der Waals surface area contributed by atoms with Crippen LogP contribution in [0, 0.1) is 16.0 Å². The maximum absolute atomic E-state index is 13.7. The number of H-pyrrole nitrogens is 1. The van der Waals surface area contributed by atoms with E-state index < -0.39 is 5.82 Å². The molecule has 2 aromatic rings. The molecule has 0 atom stereocenters. The van der Waals surface area contributed by atoms with Crippen molar-refractivity contribution in [1.82, 2.24) is 9.55 Å². The molecule has 1 N–H and O–H groups in total. The number of fused-ring (bicyclic) bond motifs is 1. The van der Waals surface area contributed by atoms with E-state index in [2.05, 4.69) is 23.4 Å². The summed E-state index contributed by atoms with van der Waals surface area (Å²) in [5.41, 5.74) is 2.03. The molecule has 0 spiro atoms. The SMILES string of the molecule is CC1(C)CCC(n2c(=S)[nH]c3cc(Cl)c(F)cc32)CC1. The van der Waals surface area contributed by atoms with E-state index in [1.807, 2.05) is 0 Å². The second-order valence-electron chi connectivity index (χ2n) is 6.48. The normalized spacial score (nSPS) is 19.6. The number of imidazole rings is 1. The van der Waals surface area contributed by atoms with Crippen LogP contribution in [-0.2, 0) is 0 Å². The molecule has 1 fully saturated rings. The molecule has 3 rings (SSSR count). The van der Waals surface area contributed by atoms with Crippen LogP contribution in [0.1, 0.15) is 45.6 Å². The average Bonchev–Trinajstić information content (AvgIpc) is 2.66. The highest BCUT2D eigenvalue weighted by Crippen LogP contribution is 2.41. The fourth-order valence-corrected chi connectivity index (χ4v) is 3.65. The summed E-state index contributed by atoms with van der Waals surface area (Å²) in [5, 5.41) is 0.130. The molecule has 1 aliphatic rings. The topological polar surface area (TPSA) is 20.7 Å². The quantitative estimate of drug-likeness (QED) is 0.676. The van der Waals surface area contributed by atoms with E-state index in [0.29, 0.717) is 16.2 Å². The molecule has 0 saturated heterocycles. The minimum Gasteiger partial charge on any atom is -0.331 e. The van der Waals surface area contributed by atoms with Crippen LogP contribution in [0.25, 0.3) is 11.0 Å². The van der Waals surface area contributed by atoms with Crippen molar-refractivity contribution >= 4 is 34.9 Å². The van der Waals surface area contributed by atoms with Gasteiger partial charge in [0, 0.05) is 12.1 Å². The third kappa shape index (κ3) is 2.40. The molecule has 0 unspecified atom stereocenters. The maximum atomic E-state index is 13.7. The minimum absolute atomic E-state index is 0.130. The first-order valence-corrected chi connectivity index (χ1v) is 7.75. The van der Waals surface area contributed by atoms with Crippen molar-refractivity contribution in [3.63, 3.8) is 0 Å². The molecule has 1 heterocycles. The Bertz CT molecular complexity index is 706. The molecule has 1 aromatic carbocycles. The molecule has 2 nitrogen and oxygen atoms in total. The third-order valence-corrected chi connectivity index (χ3v) is 5.02. The Kier molecular flexibility index (Phi) is 3.41. The van der Waals surface area contributed by atoms with Gasteiger partial charge < -0.3 is 9.55 Å². The largest absolute Gasteiger partial charge is 0.331 e. The summed E-state index contributed by atoms with van der Waals surface area (Å²) < 4.78 is 16.5. The number of aromatic amines is 1. The maximum Gasteiger partial charge on any atom is 0.178 e. The highest BCUT2D eigenvalue weighted by atomic mass is 35.5. The molecular weight excluding hydrogens is 295 g/mol. The predicted octanol–water partition coefficient (Wildman–Crippen LogP) is 5.63. The second-order valence-corrected chi connectivity index (χ2v) is 7.27. The molecule has 1 saturated carbocycles. The van der Waals surface area contributed by atoms with Gasteiger partial charge in [0.15, 0.2) is 4.77 Å². The summed E-state index contributed by atoms with van der Waals surface area (Å²) in [5.74, 6) is -0.391. The van der Waals surface area contributed by atoms with E-state index in [4.69, 9.17) is 23.8 Å². The lowest BCUT2D eigenvalue weighted by molar-refractivity contribution is 0.195. The van der Waals surface area contributed by atoms with E-state index in [1.165, 1.54) is 18.9 Å². The number of halogens is 2. The summed E-state index contributed by atoms with van der Waals surface area (Å²) in [7, 11) is 0. The van der Waals surface area contributed by atoms with Crippen LogP contribution in [0.2, 0.25) is 5.02 Å². The summed E-state index contributed by atoms with van der Waals surface area (Å²) in [6.45, 7) is 4.61. The minimum atomic E-state index is -0.391. The molecule has 0 radical (unpaired) electrons. The Labute approximate surface area is 127 Å². The van der Waals surface area contributed by atoms with Crippen LogP contribution in [0.15, 0.2) is 12.1 Å². The molecule has 0 amide bonds. The first kappa shape index (κ1) is 14.1. The van der Waals surface area contributed by atoms with Crippen molar-refractivity contribution in [3.8, 4) is 0 Å². The molecule has 1 aromatic heterocycles. The van der Waals surface area contributed by atoms with Crippen molar-refractivity contribution < 1.29 is 4.39 Å². The number of hydrogen-bond donors (Lipinski definition) is 1. The van der Waals surface area contributed by atoms with Gasteiger partial charge >= 0.3 is 0 Å². The number of rotatable bonds is 1.